The third kappa shape index (κ3) is 3.26. The SMILES string of the molecule is Cc1ccc(NCc2nnc(-c3ccc(F)cc3)o2)cc1Cl. The first-order valence-electron chi connectivity index (χ1n) is 6.70. The van der Waals surface area contributed by atoms with Gasteiger partial charge in [0.2, 0.25) is 11.8 Å². The standard InChI is InChI=1S/C16H13ClFN3O/c1-10-2-7-13(8-14(10)17)19-9-15-20-21-16(22-15)11-3-5-12(18)6-4-11/h2-8,19H,9H2,1H3. The fraction of sp³-hybridized carbons (Fsp3) is 0.125. The van der Waals surface area contributed by atoms with Crippen LogP contribution in [0.4, 0.5) is 10.1 Å². The van der Waals surface area contributed by atoms with Gasteiger partial charge in [-0.15, -0.1) is 10.2 Å². The second-order valence-corrected chi connectivity index (χ2v) is 5.23. The Kier molecular flexibility index (Phi) is 4.06. The minimum Gasteiger partial charge on any atom is -0.419 e. The van der Waals surface area contributed by atoms with Crippen LogP contribution in [0.15, 0.2) is 46.9 Å². The Balaban J connectivity index is 1.69. The highest BCUT2D eigenvalue weighted by atomic mass is 35.5. The van der Waals surface area contributed by atoms with Crippen LogP contribution in [0.2, 0.25) is 5.02 Å². The summed E-state index contributed by atoms with van der Waals surface area (Å²) in [6.07, 6.45) is 0. The van der Waals surface area contributed by atoms with Gasteiger partial charge >= 0.3 is 0 Å². The van der Waals surface area contributed by atoms with Crippen molar-refractivity contribution in [3.8, 4) is 11.5 Å². The molecule has 1 aromatic heterocycles. The molecule has 0 aliphatic heterocycles. The van der Waals surface area contributed by atoms with Crippen molar-refractivity contribution >= 4 is 17.3 Å². The van der Waals surface area contributed by atoms with Gasteiger partial charge in [-0.25, -0.2) is 4.39 Å². The van der Waals surface area contributed by atoms with Gasteiger partial charge in [-0.05, 0) is 48.9 Å². The maximum Gasteiger partial charge on any atom is 0.247 e. The van der Waals surface area contributed by atoms with Crippen LogP contribution in [0.25, 0.3) is 11.5 Å². The molecule has 0 aliphatic carbocycles. The van der Waals surface area contributed by atoms with E-state index in [0.717, 1.165) is 11.3 Å². The smallest absolute Gasteiger partial charge is 0.247 e. The Morgan fingerprint density at radius 1 is 1.14 bits per heavy atom. The van der Waals surface area contributed by atoms with E-state index in [2.05, 4.69) is 15.5 Å². The molecule has 3 rings (SSSR count). The van der Waals surface area contributed by atoms with Crippen LogP contribution in [0.1, 0.15) is 11.5 Å². The third-order valence-electron chi connectivity index (χ3n) is 3.17. The van der Waals surface area contributed by atoms with Crippen LogP contribution in [0.3, 0.4) is 0 Å². The maximum absolute atomic E-state index is 12.9. The number of nitrogens with zero attached hydrogens (tertiary/aromatic N) is 2. The zero-order chi connectivity index (χ0) is 15.5. The van der Waals surface area contributed by atoms with E-state index in [0.29, 0.717) is 28.9 Å². The fourth-order valence-electron chi connectivity index (χ4n) is 1.91. The van der Waals surface area contributed by atoms with E-state index in [1.807, 2.05) is 25.1 Å². The summed E-state index contributed by atoms with van der Waals surface area (Å²) in [6, 6.07) is 11.6. The fourth-order valence-corrected chi connectivity index (χ4v) is 2.10. The van der Waals surface area contributed by atoms with Crippen LogP contribution in [0.5, 0.6) is 0 Å². The minimum atomic E-state index is -0.304. The van der Waals surface area contributed by atoms with Crippen molar-refractivity contribution in [2.75, 3.05) is 5.32 Å². The topological polar surface area (TPSA) is 51.0 Å². The zero-order valence-corrected chi connectivity index (χ0v) is 12.6. The molecule has 112 valence electrons. The second-order valence-electron chi connectivity index (χ2n) is 4.83. The first-order chi connectivity index (χ1) is 10.6. The van der Waals surface area contributed by atoms with Gasteiger partial charge in [0.25, 0.3) is 0 Å². The zero-order valence-electron chi connectivity index (χ0n) is 11.8. The summed E-state index contributed by atoms with van der Waals surface area (Å²) in [4.78, 5) is 0. The average Bonchev–Trinajstić information content (AvgIpc) is 2.98. The van der Waals surface area contributed by atoms with E-state index < -0.39 is 0 Å². The molecule has 3 aromatic rings. The van der Waals surface area contributed by atoms with Gasteiger partial charge < -0.3 is 9.73 Å². The molecule has 0 unspecified atom stereocenters. The van der Waals surface area contributed by atoms with Crippen molar-refractivity contribution < 1.29 is 8.81 Å². The molecule has 0 fully saturated rings. The number of aryl methyl sites for hydroxylation is 1. The van der Waals surface area contributed by atoms with Crippen molar-refractivity contribution in [3.63, 3.8) is 0 Å². The lowest BCUT2D eigenvalue weighted by atomic mass is 10.2. The highest BCUT2D eigenvalue weighted by Gasteiger charge is 2.08. The predicted molar refractivity (Wildman–Crippen MR) is 83.2 cm³/mol. The Morgan fingerprint density at radius 3 is 2.64 bits per heavy atom. The van der Waals surface area contributed by atoms with Gasteiger partial charge in [-0.1, -0.05) is 17.7 Å². The predicted octanol–water partition coefficient (Wildman–Crippen LogP) is 4.45. The third-order valence-corrected chi connectivity index (χ3v) is 3.58. The normalized spacial score (nSPS) is 10.7. The van der Waals surface area contributed by atoms with E-state index in [1.54, 1.807) is 12.1 Å². The minimum absolute atomic E-state index is 0.304. The van der Waals surface area contributed by atoms with E-state index in [9.17, 15) is 4.39 Å². The van der Waals surface area contributed by atoms with Crippen LogP contribution in [-0.2, 0) is 6.54 Å². The molecule has 0 spiro atoms. The number of aromatic nitrogens is 2. The molecule has 0 bridgehead atoms. The molecule has 0 saturated heterocycles. The molecule has 0 radical (unpaired) electrons. The molecular weight excluding hydrogens is 305 g/mol. The second kappa shape index (κ2) is 6.15. The summed E-state index contributed by atoms with van der Waals surface area (Å²) in [5, 5.41) is 11.8. The maximum atomic E-state index is 12.9. The van der Waals surface area contributed by atoms with Gasteiger partial charge in [0.05, 0.1) is 6.54 Å². The molecule has 2 aromatic carbocycles. The van der Waals surface area contributed by atoms with Crippen LogP contribution >= 0.6 is 11.6 Å². The molecular formula is C16H13ClFN3O. The molecule has 6 heteroatoms. The lowest BCUT2D eigenvalue weighted by molar-refractivity contribution is 0.515. The Labute approximate surface area is 131 Å². The molecule has 22 heavy (non-hydrogen) atoms. The van der Waals surface area contributed by atoms with Crippen LogP contribution < -0.4 is 5.32 Å². The summed E-state index contributed by atoms with van der Waals surface area (Å²) in [6.45, 7) is 2.33. The number of rotatable bonds is 4. The first kappa shape index (κ1) is 14.5. The van der Waals surface area contributed by atoms with Crippen molar-refractivity contribution in [1.29, 1.82) is 0 Å². The molecule has 0 amide bonds. The summed E-state index contributed by atoms with van der Waals surface area (Å²) >= 11 is 6.07. The van der Waals surface area contributed by atoms with Crippen molar-refractivity contribution in [1.82, 2.24) is 10.2 Å². The molecule has 0 saturated carbocycles. The summed E-state index contributed by atoms with van der Waals surface area (Å²) in [5.41, 5.74) is 2.57. The first-order valence-corrected chi connectivity index (χ1v) is 7.08. The molecule has 4 nitrogen and oxygen atoms in total. The van der Waals surface area contributed by atoms with Crippen molar-refractivity contribution in [3.05, 3.63) is 64.8 Å². The summed E-state index contributed by atoms with van der Waals surface area (Å²) < 4.78 is 18.4. The Hall–Kier alpha value is -2.40. The average molecular weight is 318 g/mol. The number of nitrogens with one attached hydrogen (secondary N) is 1. The Bertz CT molecular complexity index is 786. The van der Waals surface area contributed by atoms with Gasteiger partial charge in [-0.3, -0.25) is 0 Å². The summed E-state index contributed by atoms with van der Waals surface area (Å²) in [5.74, 6) is 0.496. The summed E-state index contributed by atoms with van der Waals surface area (Å²) in [7, 11) is 0. The largest absolute Gasteiger partial charge is 0.419 e. The van der Waals surface area contributed by atoms with E-state index in [-0.39, 0.29) is 5.82 Å². The van der Waals surface area contributed by atoms with Gasteiger partial charge in [0.1, 0.15) is 5.82 Å². The Morgan fingerprint density at radius 2 is 1.91 bits per heavy atom. The van der Waals surface area contributed by atoms with Gasteiger partial charge in [0, 0.05) is 16.3 Å². The van der Waals surface area contributed by atoms with E-state index >= 15 is 0 Å². The highest BCUT2D eigenvalue weighted by Crippen LogP contribution is 2.21. The molecule has 0 aliphatic rings. The monoisotopic (exact) mass is 317 g/mol. The molecule has 1 heterocycles. The molecule has 0 atom stereocenters. The highest BCUT2D eigenvalue weighted by molar-refractivity contribution is 6.31. The van der Waals surface area contributed by atoms with Crippen LogP contribution in [0, 0.1) is 12.7 Å². The number of benzene rings is 2. The van der Waals surface area contributed by atoms with Gasteiger partial charge in [0.15, 0.2) is 0 Å². The van der Waals surface area contributed by atoms with Gasteiger partial charge in [-0.2, -0.15) is 0 Å². The number of hydrogen-bond donors (Lipinski definition) is 1. The number of anilines is 1. The van der Waals surface area contributed by atoms with E-state index in [1.165, 1.54) is 12.1 Å². The quantitative estimate of drug-likeness (QED) is 0.772. The van der Waals surface area contributed by atoms with Crippen molar-refractivity contribution in [2.24, 2.45) is 0 Å². The van der Waals surface area contributed by atoms with E-state index in [4.69, 9.17) is 16.0 Å². The van der Waals surface area contributed by atoms with Crippen LogP contribution in [-0.4, -0.2) is 10.2 Å². The van der Waals surface area contributed by atoms with Crippen molar-refractivity contribution in [2.45, 2.75) is 13.5 Å². The molecule has 1 N–H and O–H groups in total. The lowest BCUT2D eigenvalue weighted by Crippen LogP contribution is -1.99. The lowest BCUT2D eigenvalue weighted by Gasteiger charge is -2.05. The number of hydrogen-bond acceptors (Lipinski definition) is 4. The number of halogens is 2.